The van der Waals surface area contributed by atoms with Gasteiger partial charge in [-0.3, -0.25) is 5.32 Å². The summed E-state index contributed by atoms with van der Waals surface area (Å²) in [5, 5.41) is 13.1. The zero-order valence-electron chi connectivity index (χ0n) is 10.1. The average molecular weight is 214 g/mol. The van der Waals surface area contributed by atoms with Crippen molar-refractivity contribution in [2.45, 2.75) is 45.8 Å². The Bertz CT molecular complexity index is 165. The minimum atomic E-state index is -0.314. The van der Waals surface area contributed by atoms with Gasteiger partial charge in [-0.1, -0.05) is 13.8 Å². The second kappa shape index (κ2) is 6.46. The minimum Gasteiger partial charge on any atom is -0.378 e. The van der Waals surface area contributed by atoms with Gasteiger partial charge >= 0.3 is 0 Å². The van der Waals surface area contributed by atoms with E-state index in [-0.39, 0.29) is 6.23 Å². The Morgan fingerprint density at radius 2 is 1.87 bits per heavy atom. The molecule has 3 heteroatoms. The summed E-state index contributed by atoms with van der Waals surface area (Å²) in [6, 6.07) is 0. The number of nitrogens with one attached hydrogen (secondary N) is 1. The predicted octanol–water partition coefficient (Wildman–Crippen LogP) is 1.32. The van der Waals surface area contributed by atoms with Crippen LogP contribution in [0.3, 0.4) is 0 Å². The standard InChI is InChI=1S/C12H26N2O/c1-9(2)8-14-12(15)11-5-3-10(7-13)4-6-11/h9-12,14-15H,3-8,13H2,1-2H3. The van der Waals surface area contributed by atoms with Crippen LogP contribution in [0.25, 0.3) is 0 Å². The third-order valence-corrected chi connectivity index (χ3v) is 3.41. The SMILES string of the molecule is CC(C)CNC(O)C1CCC(CN)CC1. The molecule has 90 valence electrons. The van der Waals surface area contributed by atoms with Gasteiger partial charge in [-0.2, -0.15) is 0 Å². The number of hydrogen-bond acceptors (Lipinski definition) is 3. The highest BCUT2D eigenvalue weighted by Gasteiger charge is 2.25. The van der Waals surface area contributed by atoms with Crippen molar-refractivity contribution >= 4 is 0 Å². The monoisotopic (exact) mass is 214 g/mol. The van der Waals surface area contributed by atoms with Gasteiger partial charge in [0.15, 0.2) is 0 Å². The van der Waals surface area contributed by atoms with E-state index in [9.17, 15) is 5.11 Å². The van der Waals surface area contributed by atoms with Crippen LogP contribution in [0.1, 0.15) is 39.5 Å². The highest BCUT2D eigenvalue weighted by Crippen LogP contribution is 2.29. The molecule has 0 aromatic carbocycles. The van der Waals surface area contributed by atoms with Gasteiger partial charge in [0, 0.05) is 0 Å². The van der Waals surface area contributed by atoms with Crippen molar-refractivity contribution in [2.24, 2.45) is 23.5 Å². The maximum Gasteiger partial charge on any atom is 0.107 e. The molecule has 4 N–H and O–H groups in total. The highest BCUT2D eigenvalue weighted by molar-refractivity contribution is 4.77. The molecule has 1 fully saturated rings. The van der Waals surface area contributed by atoms with Crippen LogP contribution in [0.2, 0.25) is 0 Å². The maximum atomic E-state index is 9.94. The van der Waals surface area contributed by atoms with Gasteiger partial charge in [0.1, 0.15) is 6.23 Å². The Kier molecular flexibility index (Phi) is 5.58. The van der Waals surface area contributed by atoms with Gasteiger partial charge in [0.2, 0.25) is 0 Å². The molecule has 0 spiro atoms. The van der Waals surface area contributed by atoms with Crippen LogP contribution in [0.4, 0.5) is 0 Å². The van der Waals surface area contributed by atoms with Gasteiger partial charge in [-0.15, -0.1) is 0 Å². The average Bonchev–Trinajstić information content (AvgIpc) is 2.26. The van der Waals surface area contributed by atoms with E-state index in [0.29, 0.717) is 17.8 Å². The van der Waals surface area contributed by atoms with Crippen molar-refractivity contribution in [1.29, 1.82) is 0 Å². The van der Waals surface area contributed by atoms with Gasteiger partial charge in [0.25, 0.3) is 0 Å². The fourth-order valence-corrected chi connectivity index (χ4v) is 2.26. The molecule has 0 aromatic heterocycles. The van der Waals surface area contributed by atoms with Crippen LogP contribution < -0.4 is 11.1 Å². The molecule has 0 saturated heterocycles. The van der Waals surface area contributed by atoms with Crippen molar-refractivity contribution in [1.82, 2.24) is 5.32 Å². The molecule has 0 bridgehead atoms. The van der Waals surface area contributed by atoms with E-state index in [4.69, 9.17) is 5.73 Å². The second-order valence-corrected chi connectivity index (χ2v) is 5.26. The predicted molar refractivity (Wildman–Crippen MR) is 63.3 cm³/mol. The number of rotatable bonds is 5. The molecule has 1 unspecified atom stereocenters. The van der Waals surface area contributed by atoms with E-state index in [1.54, 1.807) is 0 Å². The van der Waals surface area contributed by atoms with Crippen LogP contribution >= 0.6 is 0 Å². The van der Waals surface area contributed by atoms with Gasteiger partial charge in [-0.05, 0) is 56.5 Å². The molecule has 0 aromatic rings. The molecule has 1 atom stereocenters. The molecule has 1 rings (SSSR count). The van der Waals surface area contributed by atoms with Crippen molar-refractivity contribution in [3.8, 4) is 0 Å². The molecule has 1 aliphatic rings. The van der Waals surface area contributed by atoms with Crippen molar-refractivity contribution in [3.63, 3.8) is 0 Å². The summed E-state index contributed by atoms with van der Waals surface area (Å²) < 4.78 is 0. The van der Waals surface area contributed by atoms with E-state index < -0.39 is 0 Å². The smallest absolute Gasteiger partial charge is 0.107 e. The summed E-state index contributed by atoms with van der Waals surface area (Å²) in [4.78, 5) is 0. The Labute approximate surface area is 93.4 Å². The Balaban J connectivity index is 2.20. The van der Waals surface area contributed by atoms with Gasteiger partial charge in [-0.25, -0.2) is 0 Å². The maximum absolute atomic E-state index is 9.94. The molecular weight excluding hydrogens is 188 g/mol. The molecule has 1 saturated carbocycles. The van der Waals surface area contributed by atoms with Gasteiger partial charge < -0.3 is 10.8 Å². The Morgan fingerprint density at radius 1 is 1.27 bits per heavy atom. The summed E-state index contributed by atoms with van der Waals surface area (Å²) in [6.07, 6.45) is 4.29. The van der Waals surface area contributed by atoms with Crippen LogP contribution in [-0.2, 0) is 0 Å². The summed E-state index contributed by atoms with van der Waals surface area (Å²) in [5.41, 5.74) is 5.65. The lowest BCUT2D eigenvalue weighted by Gasteiger charge is -2.31. The van der Waals surface area contributed by atoms with E-state index in [2.05, 4.69) is 19.2 Å². The van der Waals surface area contributed by atoms with Gasteiger partial charge in [0.05, 0.1) is 0 Å². The van der Waals surface area contributed by atoms with E-state index >= 15 is 0 Å². The first kappa shape index (κ1) is 12.9. The zero-order chi connectivity index (χ0) is 11.3. The second-order valence-electron chi connectivity index (χ2n) is 5.26. The number of aliphatic hydroxyl groups is 1. The molecule has 0 heterocycles. The third-order valence-electron chi connectivity index (χ3n) is 3.41. The lowest BCUT2D eigenvalue weighted by atomic mass is 9.81. The largest absolute Gasteiger partial charge is 0.378 e. The first-order valence-corrected chi connectivity index (χ1v) is 6.25. The summed E-state index contributed by atoms with van der Waals surface area (Å²) in [5.74, 6) is 1.73. The van der Waals surface area contributed by atoms with Crippen molar-refractivity contribution < 1.29 is 5.11 Å². The molecule has 0 aliphatic heterocycles. The van der Waals surface area contributed by atoms with Crippen LogP contribution in [-0.4, -0.2) is 24.4 Å². The fourth-order valence-electron chi connectivity index (χ4n) is 2.26. The van der Waals surface area contributed by atoms with Crippen LogP contribution in [0.5, 0.6) is 0 Å². The number of nitrogens with two attached hydrogens (primary N) is 1. The summed E-state index contributed by atoms with van der Waals surface area (Å²) >= 11 is 0. The number of hydrogen-bond donors (Lipinski definition) is 3. The number of aliphatic hydroxyl groups excluding tert-OH is 1. The molecular formula is C12H26N2O. The normalized spacial score (nSPS) is 29.4. The Hall–Kier alpha value is -0.120. The highest BCUT2D eigenvalue weighted by atomic mass is 16.3. The fraction of sp³-hybridized carbons (Fsp3) is 1.00. The zero-order valence-corrected chi connectivity index (χ0v) is 10.1. The van der Waals surface area contributed by atoms with Crippen LogP contribution in [0, 0.1) is 17.8 Å². The molecule has 0 amide bonds. The molecule has 1 aliphatic carbocycles. The first-order chi connectivity index (χ1) is 7.13. The lowest BCUT2D eigenvalue weighted by Crippen LogP contribution is -2.40. The Morgan fingerprint density at radius 3 is 2.33 bits per heavy atom. The summed E-state index contributed by atoms with van der Waals surface area (Å²) in [6.45, 7) is 6.02. The molecule has 0 radical (unpaired) electrons. The lowest BCUT2D eigenvalue weighted by molar-refractivity contribution is 0.0449. The van der Waals surface area contributed by atoms with Crippen molar-refractivity contribution in [3.05, 3.63) is 0 Å². The molecule has 15 heavy (non-hydrogen) atoms. The van der Waals surface area contributed by atoms with E-state index in [1.165, 1.54) is 12.8 Å². The summed E-state index contributed by atoms with van der Waals surface area (Å²) in [7, 11) is 0. The molecule has 3 nitrogen and oxygen atoms in total. The van der Waals surface area contributed by atoms with Crippen molar-refractivity contribution in [2.75, 3.05) is 13.1 Å². The topological polar surface area (TPSA) is 58.3 Å². The van der Waals surface area contributed by atoms with Crippen LogP contribution in [0.15, 0.2) is 0 Å². The minimum absolute atomic E-state index is 0.314. The quantitative estimate of drug-likeness (QED) is 0.605. The van der Waals surface area contributed by atoms with E-state index in [0.717, 1.165) is 25.9 Å². The first-order valence-electron chi connectivity index (χ1n) is 6.25. The van der Waals surface area contributed by atoms with E-state index in [1.807, 2.05) is 0 Å². The third kappa shape index (κ3) is 4.49.